The van der Waals surface area contributed by atoms with E-state index < -0.39 is 6.04 Å². The zero-order valence-corrected chi connectivity index (χ0v) is 12.2. The van der Waals surface area contributed by atoms with Crippen LogP contribution >= 0.6 is 0 Å². The first kappa shape index (κ1) is 14.3. The van der Waals surface area contributed by atoms with Crippen LogP contribution in [-0.2, 0) is 14.3 Å². The fraction of sp³-hybridized carbons (Fsp3) is 0.857. The first-order valence-corrected chi connectivity index (χ1v) is 7.16. The van der Waals surface area contributed by atoms with Crippen molar-refractivity contribution in [3.63, 3.8) is 0 Å². The molecule has 0 spiro atoms. The van der Waals surface area contributed by atoms with Gasteiger partial charge in [-0.3, -0.25) is 9.59 Å². The largest absolute Gasteiger partial charge is 0.373 e. The van der Waals surface area contributed by atoms with E-state index in [9.17, 15) is 9.59 Å². The molecular formula is C14H24N2O3. The second-order valence-electron chi connectivity index (χ2n) is 6.06. The number of hydrogen-bond acceptors (Lipinski definition) is 3. The van der Waals surface area contributed by atoms with Gasteiger partial charge in [-0.2, -0.15) is 0 Å². The van der Waals surface area contributed by atoms with Crippen molar-refractivity contribution < 1.29 is 14.3 Å². The quantitative estimate of drug-likeness (QED) is 0.828. The summed E-state index contributed by atoms with van der Waals surface area (Å²) in [6.45, 7) is 8.26. The molecular weight excluding hydrogens is 244 g/mol. The second kappa shape index (κ2) is 5.49. The average molecular weight is 268 g/mol. The molecule has 2 fully saturated rings. The standard InChI is InChI=1S/C14H24N2O3/c1-8(2)12-13(17)15-10(4)14(18)16(12)7-11-6-5-9(3)19-11/h8-12H,5-7H2,1-4H3,(H,15,17). The molecule has 0 radical (unpaired) electrons. The van der Waals surface area contributed by atoms with Gasteiger partial charge in [0, 0.05) is 6.54 Å². The fourth-order valence-corrected chi connectivity index (χ4v) is 2.99. The topological polar surface area (TPSA) is 58.6 Å². The Morgan fingerprint density at radius 3 is 2.53 bits per heavy atom. The van der Waals surface area contributed by atoms with E-state index in [1.165, 1.54) is 0 Å². The third-order valence-corrected chi connectivity index (χ3v) is 3.97. The van der Waals surface area contributed by atoms with E-state index in [1.807, 2.05) is 20.8 Å². The number of carbonyl (C=O) groups excluding carboxylic acids is 2. The van der Waals surface area contributed by atoms with Crippen LogP contribution in [-0.4, -0.2) is 47.6 Å². The van der Waals surface area contributed by atoms with E-state index in [-0.39, 0.29) is 36.0 Å². The highest BCUT2D eigenvalue weighted by atomic mass is 16.5. The smallest absolute Gasteiger partial charge is 0.245 e. The van der Waals surface area contributed by atoms with Crippen molar-refractivity contribution in [3.8, 4) is 0 Å². The molecule has 2 amide bonds. The maximum absolute atomic E-state index is 12.3. The minimum Gasteiger partial charge on any atom is -0.373 e. The van der Waals surface area contributed by atoms with E-state index in [1.54, 1.807) is 11.8 Å². The van der Waals surface area contributed by atoms with Gasteiger partial charge in [-0.1, -0.05) is 13.8 Å². The highest BCUT2D eigenvalue weighted by molar-refractivity contribution is 5.96. The van der Waals surface area contributed by atoms with Crippen LogP contribution in [0, 0.1) is 5.92 Å². The van der Waals surface area contributed by atoms with Crippen molar-refractivity contribution in [1.29, 1.82) is 0 Å². The van der Waals surface area contributed by atoms with Crippen molar-refractivity contribution in [1.82, 2.24) is 10.2 Å². The summed E-state index contributed by atoms with van der Waals surface area (Å²) in [6.07, 6.45) is 2.32. The van der Waals surface area contributed by atoms with E-state index in [2.05, 4.69) is 5.32 Å². The number of nitrogens with one attached hydrogen (secondary N) is 1. The molecule has 2 saturated heterocycles. The van der Waals surface area contributed by atoms with Gasteiger partial charge in [0.1, 0.15) is 12.1 Å². The highest BCUT2D eigenvalue weighted by Crippen LogP contribution is 2.24. The van der Waals surface area contributed by atoms with Gasteiger partial charge in [0.2, 0.25) is 11.8 Å². The zero-order chi connectivity index (χ0) is 14.2. The van der Waals surface area contributed by atoms with Gasteiger partial charge in [-0.25, -0.2) is 0 Å². The van der Waals surface area contributed by atoms with Crippen LogP contribution in [0.25, 0.3) is 0 Å². The van der Waals surface area contributed by atoms with E-state index >= 15 is 0 Å². The van der Waals surface area contributed by atoms with Gasteiger partial charge in [0.25, 0.3) is 0 Å². The molecule has 4 unspecified atom stereocenters. The Morgan fingerprint density at radius 2 is 2.00 bits per heavy atom. The molecule has 0 aromatic heterocycles. The van der Waals surface area contributed by atoms with Crippen molar-refractivity contribution in [2.24, 2.45) is 5.92 Å². The minimum absolute atomic E-state index is 0.00135. The molecule has 5 heteroatoms. The van der Waals surface area contributed by atoms with Gasteiger partial charge < -0.3 is 15.0 Å². The average Bonchev–Trinajstić information content (AvgIpc) is 2.71. The number of hydrogen-bond donors (Lipinski definition) is 1. The molecule has 0 aromatic rings. The Kier molecular flexibility index (Phi) is 4.13. The molecule has 0 aliphatic carbocycles. The molecule has 2 aliphatic heterocycles. The zero-order valence-electron chi connectivity index (χ0n) is 12.2. The third-order valence-electron chi connectivity index (χ3n) is 3.97. The van der Waals surface area contributed by atoms with Gasteiger partial charge in [-0.15, -0.1) is 0 Å². The molecule has 19 heavy (non-hydrogen) atoms. The normalized spacial score (nSPS) is 35.9. The second-order valence-corrected chi connectivity index (χ2v) is 6.06. The molecule has 0 aromatic carbocycles. The Bertz CT molecular complexity index is 370. The number of nitrogens with zero attached hydrogens (tertiary/aromatic N) is 1. The summed E-state index contributed by atoms with van der Waals surface area (Å²) in [6, 6.07) is -0.801. The molecule has 2 heterocycles. The molecule has 1 N–H and O–H groups in total. The van der Waals surface area contributed by atoms with Crippen LogP contribution in [0.2, 0.25) is 0 Å². The molecule has 5 nitrogen and oxygen atoms in total. The van der Waals surface area contributed by atoms with Crippen molar-refractivity contribution in [3.05, 3.63) is 0 Å². The van der Waals surface area contributed by atoms with Gasteiger partial charge in [0.15, 0.2) is 0 Å². The Labute approximate surface area is 114 Å². The van der Waals surface area contributed by atoms with E-state index in [0.717, 1.165) is 12.8 Å². The summed E-state index contributed by atoms with van der Waals surface area (Å²) in [5.74, 6) is 0.0601. The number of carbonyl (C=O) groups is 2. The number of rotatable bonds is 3. The molecule has 2 rings (SSSR count). The monoisotopic (exact) mass is 268 g/mol. The lowest BCUT2D eigenvalue weighted by Gasteiger charge is -2.40. The van der Waals surface area contributed by atoms with Crippen LogP contribution < -0.4 is 5.32 Å². The molecule has 2 aliphatic rings. The molecule has 0 saturated carbocycles. The highest BCUT2D eigenvalue weighted by Gasteiger charge is 2.41. The van der Waals surface area contributed by atoms with E-state index in [0.29, 0.717) is 6.54 Å². The third kappa shape index (κ3) is 2.91. The predicted octanol–water partition coefficient (Wildman–Crippen LogP) is 0.925. The minimum atomic E-state index is -0.429. The van der Waals surface area contributed by atoms with Crippen molar-refractivity contribution in [2.45, 2.75) is 64.8 Å². The fourth-order valence-electron chi connectivity index (χ4n) is 2.99. The Hall–Kier alpha value is -1.10. The van der Waals surface area contributed by atoms with Crippen molar-refractivity contribution in [2.75, 3.05) is 6.54 Å². The summed E-state index contributed by atoms with van der Waals surface area (Å²) in [5.41, 5.74) is 0. The molecule has 4 atom stereocenters. The van der Waals surface area contributed by atoms with Crippen LogP contribution in [0.15, 0.2) is 0 Å². The Morgan fingerprint density at radius 1 is 1.32 bits per heavy atom. The summed E-state index contributed by atoms with van der Waals surface area (Å²) >= 11 is 0. The lowest BCUT2D eigenvalue weighted by Crippen LogP contribution is -2.65. The summed E-state index contributed by atoms with van der Waals surface area (Å²) in [5, 5.41) is 2.75. The number of piperazine rings is 1. The van der Waals surface area contributed by atoms with Gasteiger partial charge in [-0.05, 0) is 32.6 Å². The first-order chi connectivity index (χ1) is 8.90. The molecule has 108 valence electrons. The van der Waals surface area contributed by atoms with Crippen LogP contribution in [0.3, 0.4) is 0 Å². The van der Waals surface area contributed by atoms with Gasteiger partial charge >= 0.3 is 0 Å². The molecule has 0 bridgehead atoms. The first-order valence-electron chi connectivity index (χ1n) is 7.16. The summed E-state index contributed by atoms with van der Waals surface area (Å²) in [4.78, 5) is 26.1. The van der Waals surface area contributed by atoms with Crippen LogP contribution in [0.4, 0.5) is 0 Å². The van der Waals surface area contributed by atoms with E-state index in [4.69, 9.17) is 4.74 Å². The SMILES string of the molecule is CC1CCC(CN2C(=O)C(C)NC(=O)C2C(C)C)O1. The maximum Gasteiger partial charge on any atom is 0.245 e. The van der Waals surface area contributed by atoms with Gasteiger partial charge in [0.05, 0.1) is 12.2 Å². The Balaban J connectivity index is 2.12. The summed E-state index contributed by atoms with van der Waals surface area (Å²) < 4.78 is 5.79. The maximum atomic E-state index is 12.3. The lowest BCUT2D eigenvalue weighted by molar-refractivity contribution is -0.152. The van der Waals surface area contributed by atoms with Crippen molar-refractivity contribution >= 4 is 11.8 Å². The predicted molar refractivity (Wildman–Crippen MR) is 71.5 cm³/mol. The number of ether oxygens (including phenoxy) is 1. The van der Waals surface area contributed by atoms with Crippen LogP contribution in [0.1, 0.15) is 40.5 Å². The van der Waals surface area contributed by atoms with Crippen LogP contribution in [0.5, 0.6) is 0 Å². The lowest BCUT2D eigenvalue weighted by atomic mass is 9.96. The summed E-state index contributed by atoms with van der Waals surface area (Å²) in [7, 11) is 0. The number of amides is 2.